The Bertz CT molecular complexity index is 796. The Kier molecular flexibility index (Phi) is 52.5. The third-order valence-electron chi connectivity index (χ3n) is 12.4. The molecule has 0 aliphatic heterocycles. The van der Waals surface area contributed by atoms with Gasteiger partial charge in [0, 0.05) is 19.6 Å². The summed E-state index contributed by atoms with van der Waals surface area (Å²) in [5, 5.41) is 0. The summed E-state index contributed by atoms with van der Waals surface area (Å²) in [6.45, 7) is 9.22. The Morgan fingerprint density at radius 1 is 0.356 bits per heavy atom. The highest BCUT2D eigenvalue weighted by molar-refractivity contribution is 5.69. The second-order valence-corrected chi connectivity index (χ2v) is 18.5. The molecule has 59 heavy (non-hydrogen) atoms. The van der Waals surface area contributed by atoms with Gasteiger partial charge in [0.15, 0.2) is 0 Å². The first kappa shape index (κ1) is 58.1. The minimum Gasteiger partial charge on any atom is -0.463 e. The molecule has 4 nitrogen and oxygen atoms in total. The Balaban J connectivity index is 4.09. The first-order valence-electron chi connectivity index (χ1n) is 27.2. The van der Waals surface area contributed by atoms with E-state index in [2.05, 4.69) is 32.9 Å². The van der Waals surface area contributed by atoms with Crippen LogP contribution in [-0.2, 0) is 19.0 Å². The molecule has 4 heteroatoms. The summed E-state index contributed by atoms with van der Waals surface area (Å²) in [5.41, 5.74) is 0. The fraction of sp³-hybridized carbons (Fsp3) is 0.945. The monoisotopic (exact) mass is 833 g/mol. The highest BCUT2D eigenvalue weighted by atomic mass is 16.6. The SMILES string of the molecule is CCCCCCCC/C=C\CCCCCCCCOC(COCCCCCCCCCCCCCCCCCC)COC(=O)CCCCCCCCCCCCCCC. The summed E-state index contributed by atoms with van der Waals surface area (Å²) in [6, 6.07) is 0. The lowest BCUT2D eigenvalue weighted by Gasteiger charge is -2.18. The van der Waals surface area contributed by atoms with Gasteiger partial charge < -0.3 is 14.2 Å². The number of ether oxygens (including phenoxy) is 3. The van der Waals surface area contributed by atoms with Crippen molar-refractivity contribution < 1.29 is 19.0 Å². The van der Waals surface area contributed by atoms with E-state index < -0.39 is 0 Å². The molecule has 0 radical (unpaired) electrons. The standard InChI is InChI=1S/C55H108O4/c1-4-7-10-13-16-19-22-25-27-29-32-35-38-41-44-47-50-57-52-54(53-59-55(56)49-46-43-40-37-34-31-24-21-18-15-12-9-6-3)58-51-48-45-42-39-36-33-30-28-26-23-20-17-14-11-8-5-2/h26,28,54H,4-25,27,29-53H2,1-3H3/b28-26-. The summed E-state index contributed by atoms with van der Waals surface area (Å²) >= 11 is 0. The average molecular weight is 833 g/mol. The molecule has 1 atom stereocenters. The number of unbranched alkanes of at least 4 members (excludes halogenated alkanes) is 39. The maximum Gasteiger partial charge on any atom is 0.305 e. The van der Waals surface area contributed by atoms with E-state index in [0.29, 0.717) is 19.6 Å². The Labute approximate surface area is 371 Å². The number of hydrogen-bond acceptors (Lipinski definition) is 4. The van der Waals surface area contributed by atoms with Gasteiger partial charge in [0.25, 0.3) is 0 Å². The van der Waals surface area contributed by atoms with Crippen molar-refractivity contribution in [3.63, 3.8) is 0 Å². The topological polar surface area (TPSA) is 44.8 Å². The second-order valence-electron chi connectivity index (χ2n) is 18.5. The Morgan fingerprint density at radius 2 is 0.661 bits per heavy atom. The summed E-state index contributed by atoms with van der Waals surface area (Å²) in [5.74, 6) is -0.0725. The number of allylic oxidation sites excluding steroid dienone is 2. The zero-order valence-electron chi connectivity index (χ0n) is 40.8. The molecule has 0 aliphatic carbocycles. The summed E-state index contributed by atoms with van der Waals surface area (Å²) in [6.07, 6.45) is 62.7. The van der Waals surface area contributed by atoms with Gasteiger partial charge in [0.1, 0.15) is 12.7 Å². The minimum atomic E-state index is -0.158. The van der Waals surface area contributed by atoms with Gasteiger partial charge in [-0.15, -0.1) is 0 Å². The first-order valence-corrected chi connectivity index (χ1v) is 27.2. The fourth-order valence-corrected chi connectivity index (χ4v) is 8.26. The van der Waals surface area contributed by atoms with Gasteiger partial charge in [-0.05, 0) is 44.9 Å². The average Bonchev–Trinajstić information content (AvgIpc) is 3.24. The normalized spacial score (nSPS) is 12.3. The van der Waals surface area contributed by atoms with Crippen molar-refractivity contribution in [1.29, 1.82) is 0 Å². The number of carbonyl (C=O) groups is 1. The van der Waals surface area contributed by atoms with E-state index in [4.69, 9.17) is 14.2 Å². The van der Waals surface area contributed by atoms with E-state index in [1.54, 1.807) is 0 Å². The molecule has 1 unspecified atom stereocenters. The van der Waals surface area contributed by atoms with Gasteiger partial charge in [0.2, 0.25) is 0 Å². The molecule has 0 spiro atoms. The fourth-order valence-electron chi connectivity index (χ4n) is 8.26. The third kappa shape index (κ3) is 51.4. The van der Waals surface area contributed by atoms with Crippen LogP contribution in [0.5, 0.6) is 0 Å². The van der Waals surface area contributed by atoms with E-state index in [1.165, 1.54) is 250 Å². The van der Waals surface area contributed by atoms with Gasteiger partial charge in [-0.25, -0.2) is 0 Å². The smallest absolute Gasteiger partial charge is 0.305 e. The lowest BCUT2D eigenvalue weighted by Crippen LogP contribution is -2.28. The van der Waals surface area contributed by atoms with E-state index in [9.17, 15) is 4.79 Å². The van der Waals surface area contributed by atoms with Crippen molar-refractivity contribution >= 4 is 5.97 Å². The van der Waals surface area contributed by atoms with E-state index >= 15 is 0 Å². The quantitative estimate of drug-likeness (QED) is 0.0348. The van der Waals surface area contributed by atoms with Crippen LogP contribution < -0.4 is 0 Å². The molecule has 0 N–H and O–H groups in total. The van der Waals surface area contributed by atoms with Crippen LogP contribution in [0.3, 0.4) is 0 Å². The molecule has 0 fully saturated rings. The predicted molar refractivity (Wildman–Crippen MR) is 261 cm³/mol. The predicted octanol–water partition coefficient (Wildman–Crippen LogP) is 18.7. The van der Waals surface area contributed by atoms with Crippen LogP contribution >= 0.6 is 0 Å². The Hall–Kier alpha value is -0.870. The van der Waals surface area contributed by atoms with Crippen molar-refractivity contribution in [2.75, 3.05) is 26.4 Å². The maximum atomic E-state index is 12.6. The summed E-state index contributed by atoms with van der Waals surface area (Å²) in [7, 11) is 0. The highest BCUT2D eigenvalue weighted by Crippen LogP contribution is 2.16. The van der Waals surface area contributed by atoms with Crippen molar-refractivity contribution in [2.24, 2.45) is 0 Å². The molecule has 0 aromatic carbocycles. The molecule has 0 amide bonds. The van der Waals surface area contributed by atoms with Gasteiger partial charge in [0.05, 0.1) is 6.61 Å². The molecular formula is C55H108O4. The third-order valence-corrected chi connectivity index (χ3v) is 12.4. The number of rotatable bonds is 52. The lowest BCUT2D eigenvalue weighted by atomic mass is 10.0. The van der Waals surface area contributed by atoms with E-state index in [1.807, 2.05) is 0 Å². The van der Waals surface area contributed by atoms with Gasteiger partial charge in [-0.2, -0.15) is 0 Å². The van der Waals surface area contributed by atoms with Crippen LogP contribution in [0, 0.1) is 0 Å². The minimum absolute atomic E-state index is 0.0725. The zero-order valence-corrected chi connectivity index (χ0v) is 40.8. The van der Waals surface area contributed by atoms with Crippen LogP contribution in [0.15, 0.2) is 12.2 Å². The van der Waals surface area contributed by atoms with Crippen molar-refractivity contribution in [3.05, 3.63) is 12.2 Å². The van der Waals surface area contributed by atoms with E-state index in [0.717, 1.165) is 38.9 Å². The second kappa shape index (κ2) is 53.3. The van der Waals surface area contributed by atoms with Crippen LogP contribution in [0.2, 0.25) is 0 Å². The lowest BCUT2D eigenvalue weighted by molar-refractivity contribution is -0.150. The molecule has 0 aliphatic rings. The number of esters is 1. The molecule has 0 rings (SSSR count). The summed E-state index contributed by atoms with van der Waals surface area (Å²) < 4.78 is 18.1. The van der Waals surface area contributed by atoms with Crippen molar-refractivity contribution in [3.8, 4) is 0 Å². The molecule has 0 saturated heterocycles. The van der Waals surface area contributed by atoms with Crippen molar-refractivity contribution in [2.45, 2.75) is 309 Å². The summed E-state index contributed by atoms with van der Waals surface area (Å²) in [4.78, 5) is 12.6. The first-order chi connectivity index (χ1) is 29.2. The molecular weight excluding hydrogens is 725 g/mol. The maximum absolute atomic E-state index is 12.6. The zero-order chi connectivity index (χ0) is 42.6. The van der Waals surface area contributed by atoms with Crippen LogP contribution in [-0.4, -0.2) is 38.5 Å². The van der Waals surface area contributed by atoms with E-state index in [-0.39, 0.29) is 12.1 Å². The highest BCUT2D eigenvalue weighted by Gasteiger charge is 2.13. The molecule has 352 valence electrons. The van der Waals surface area contributed by atoms with Crippen LogP contribution in [0.25, 0.3) is 0 Å². The largest absolute Gasteiger partial charge is 0.463 e. The van der Waals surface area contributed by atoms with Crippen LogP contribution in [0.1, 0.15) is 303 Å². The van der Waals surface area contributed by atoms with Gasteiger partial charge >= 0.3 is 5.97 Å². The van der Waals surface area contributed by atoms with Gasteiger partial charge in [-0.3, -0.25) is 4.79 Å². The molecule has 0 heterocycles. The van der Waals surface area contributed by atoms with Crippen LogP contribution in [0.4, 0.5) is 0 Å². The molecule has 0 aromatic rings. The van der Waals surface area contributed by atoms with Crippen molar-refractivity contribution in [1.82, 2.24) is 0 Å². The van der Waals surface area contributed by atoms with Gasteiger partial charge in [-0.1, -0.05) is 264 Å². The molecule has 0 bridgehead atoms. The number of hydrogen-bond donors (Lipinski definition) is 0. The number of carbonyl (C=O) groups excluding carboxylic acids is 1. The molecule has 0 saturated carbocycles. The molecule has 0 aromatic heterocycles. The Morgan fingerprint density at radius 3 is 1.03 bits per heavy atom.